The van der Waals surface area contributed by atoms with Gasteiger partial charge in [-0.15, -0.1) is 0 Å². The maximum atomic E-state index is 13.0. The van der Waals surface area contributed by atoms with E-state index >= 15 is 0 Å². The number of aliphatic hydroxyl groups excluding tert-OH is 1. The van der Waals surface area contributed by atoms with E-state index in [1.807, 2.05) is 0 Å². The Kier molecular flexibility index (Phi) is 5.47. The minimum Gasteiger partial charge on any atom is -0.388 e. The molecule has 0 aliphatic heterocycles. The van der Waals surface area contributed by atoms with Gasteiger partial charge in [0.25, 0.3) is 0 Å². The highest BCUT2D eigenvalue weighted by Gasteiger charge is 2.18. The summed E-state index contributed by atoms with van der Waals surface area (Å²) in [7, 11) is 0. The van der Waals surface area contributed by atoms with E-state index in [0.29, 0.717) is 5.56 Å². The minimum absolute atomic E-state index is 0.238. The Morgan fingerprint density at radius 2 is 2.06 bits per heavy atom. The van der Waals surface area contributed by atoms with Crippen LogP contribution in [0.25, 0.3) is 0 Å². The molecule has 1 rings (SSSR count). The molecule has 0 heterocycles. The van der Waals surface area contributed by atoms with Crippen molar-refractivity contribution in [1.29, 1.82) is 0 Å². The van der Waals surface area contributed by atoms with E-state index in [2.05, 4.69) is 13.8 Å². The Hall–Kier alpha value is -0.890. The fourth-order valence-electron chi connectivity index (χ4n) is 2.01. The highest BCUT2D eigenvalue weighted by molar-refractivity contribution is 5.19. The van der Waals surface area contributed by atoms with Gasteiger partial charge >= 0.3 is 0 Å². The molecule has 0 spiro atoms. The molecule has 0 aliphatic rings. The molecule has 0 bridgehead atoms. The van der Waals surface area contributed by atoms with Gasteiger partial charge in [0.05, 0.1) is 6.10 Å². The molecule has 2 heteroatoms. The standard InChI is InChI=1S/C14H21FO/c1-3-5-7-11(4-2)14(16)12-8-6-9-13(15)10-12/h6,8-11,14,16H,3-5,7H2,1-2H3. The van der Waals surface area contributed by atoms with Crippen LogP contribution in [-0.2, 0) is 0 Å². The first-order valence-corrected chi connectivity index (χ1v) is 6.12. The fourth-order valence-corrected chi connectivity index (χ4v) is 2.01. The van der Waals surface area contributed by atoms with Crippen LogP contribution in [0.5, 0.6) is 0 Å². The van der Waals surface area contributed by atoms with E-state index in [1.54, 1.807) is 12.1 Å². The number of unbranched alkanes of at least 4 members (excludes halogenated alkanes) is 1. The molecule has 16 heavy (non-hydrogen) atoms. The van der Waals surface area contributed by atoms with Crippen LogP contribution in [0, 0.1) is 11.7 Å². The third kappa shape index (κ3) is 3.60. The van der Waals surface area contributed by atoms with E-state index in [4.69, 9.17) is 0 Å². The summed E-state index contributed by atoms with van der Waals surface area (Å²) in [4.78, 5) is 0. The summed E-state index contributed by atoms with van der Waals surface area (Å²) in [6, 6.07) is 6.28. The second-order valence-electron chi connectivity index (χ2n) is 4.31. The third-order valence-electron chi connectivity index (χ3n) is 3.09. The fraction of sp³-hybridized carbons (Fsp3) is 0.571. The highest BCUT2D eigenvalue weighted by Crippen LogP contribution is 2.28. The molecule has 0 radical (unpaired) electrons. The topological polar surface area (TPSA) is 20.2 Å². The number of rotatable bonds is 6. The van der Waals surface area contributed by atoms with E-state index < -0.39 is 6.10 Å². The first-order chi connectivity index (χ1) is 7.69. The number of benzene rings is 1. The monoisotopic (exact) mass is 224 g/mol. The summed E-state index contributed by atoms with van der Waals surface area (Å²) in [5.74, 6) is -0.0383. The number of hydrogen-bond donors (Lipinski definition) is 1. The third-order valence-corrected chi connectivity index (χ3v) is 3.09. The molecule has 0 aromatic heterocycles. The zero-order chi connectivity index (χ0) is 12.0. The van der Waals surface area contributed by atoms with Crippen molar-refractivity contribution >= 4 is 0 Å². The van der Waals surface area contributed by atoms with Crippen molar-refractivity contribution in [2.24, 2.45) is 5.92 Å². The van der Waals surface area contributed by atoms with Crippen molar-refractivity contribution < 1.29 is 9.50 Å². The Bertz CT molecular complexity index is 311. The van der Waals surface area contributed by atoms with Crippen molar-refractivity contribution in [2.75, 3.05) is 0 Å². The minimum atomic E-state index is -0.535. The Morgan fingerprint density at radius 1 is 1.31 bits per heavy atom. The van der Waals surface area contributed by atoms with E-state index in [9.17, 15) is 9.50 Å². The Balaban J connectivity index is 2.70. The first-order valence-electron chi connectivity index (χ1n) is 6.12. The summed E-state index contributed by atoms with van der Waals surface area (Å²) in [6.07, 6.45) is 3.65. The summed E-state index contributed by atoms with van der Waals surface area (Å²) in [6.45, 7) is 4.21. The average Bonchev–Trinajstić information content (AvgIpc) is 2.29. The molecular weight excluding hydrogens is 203 g/mol. The summed E-state index contributed by atoms with van der Waals surface area (Å²) in [5.41, 5.74) is 0.697. The van der Waals surface area contributed by atoms with Crippen LogP contribution < -0.4 is 0 Å². The lowest BCUT2D eigenvalue weighted by atomic mass is 9.89. The van der Waals surface area contributed by atoms with Gasteiger partial charge in [-0.05, 0) is 30.0 Å². The lowest BCUT2D eigenvalue weighted by Crippen LogP contribution is -2.12. The van der Waals surface area contributed by atoms with Crippen LogP contribution in [0.2, 0.25) is 0 Å². The Labute approximate surface area is 97.3 Å². The second kappa shape index (κ2) is 6.64. The van der Waals surface area contributed by atoms with Crippen LogP contribution in [0.1, 0.15) is 51.2 Å². The molecule has 1 nitrogen and oxygen atoms in total. The highest BCUT2D eigenvalue weighted by atomic mass is 19.1. The molecule has 0 saturated carbocycles. The SMILES string of the molecule is CCCCC(CC)C(O)c1cccc(F)c1. The van der Waals surface area contributed by atoms with Gasteiger partial charge in [0, 0.05) is 0 Å². The molecule has 2 unspecified atom stereocenters. The molecule has 1 aromatic carbocycles. The largest absolute Gasteiger partial charge is 0.388 e. The van der Waals surface area contributed by atoms with Crippen LogP contribution >= 0.6 is 0 Å². The maximum Gasteiger partial charge on any atom is 0.123 e. The number of hydrogen-bond acceptors (Lipinski definition) is 1. The summed E-state index contributed by atoms with van der Waals surface area (Å²) >= 11 is 0. The van der Waals surface area contributed by atoms with Gasteiger partial charge in [-0.3, -0.25) is 0 Å². The normalized spacial score (nSPS) is 14.8. The number of halogens is 1. The molecule has 0 saturated heterocycles. The second-order valence-corrected chi connectivity index (χ2v) is 4.31. The van der Waals surface area contributed by atoms with Gasteiger partial charge in [-0.25, -0.2) is 4.39 Å². The zero-order valence-electron chi connectivity index (χ0n) is 10.1. The first kappa shape index (κ1) is 13.2. The summed E-state index contributed by atoms with van der Waals surface area (Å²) in [5, 5.41) is 10.2. The van der Waals surface area contributed by atoms with Crippen molar-refractivity contribution in [1.82, 2.24) is 0 Å². The van der Waals surface area contributed by atoms with Crippen molar-refractivity contribution in [3.05, 3.63) is 35.6 Å². The van der Waals surface area contributed by atoms with Gasteiger partial charge in [-0.1, -0.05) is 45.2 Å². The van der Waals surface area contributed by atoms with E-state index in [-0.39, 0.29) is 11.7 Å². The van der Waals surface area contributed by atoms with E-state index in [0.717, 1.165) is 25.7 Å². The molecule has 1 aromatic rings. The smallest absolute Gasteiger partial charge is 0.123 e. The molecule has 0 amide bonds. The van der Waals surface area contributed by atoms with Crippen LogP contribution in [-0.4, -0.2) is 5.11 Å². The average molecular weight is 224 g/mol. The van der Waals surface area contributed by atoms with Crippen molar-refractivity contribution in [2.45, 2.75) is 45.6 Å². The maximum absolute atomic E-state index is 13.0. The molecule has 0 fully saturated rings. The van der Waals surface area contributed by atoms with Crippen molar-refractivity contribution in [3.8, 4) is 0 Å². The van der Waals surface area contributed by atoms with Crippen LogP contribution in [0.4, 0.5) is 4.39 Å². The molecule has 1 N–H and O–H groups in total. The lowest BCUT2D eigenvalue weighted by Gasteiger charge is -2.21. The number of aliphatic hydroxyl groups is 1. The quantitative estimate of drug-likeness (QED) is 0.772. The Morgan fingerprint density at radius 3 is 2.62 bits per heavy atom. The van der Waals surface area contributed by atoms with Gasteiger partial charge in [0.2, 0.25) is 0 Å². The van der Waals surface area contributed by atoms with E-state index in [1.165, 1.54) is 12.1 Å². The molecule has 0 aliphatic carbocycles. The molecular formula is C14H21FO. The van der Waals surface area contributed by atoms with Crippen molar-refractivity contribution in [3.63, 3.8) is 0 Å². The van der Waals surface area contributed by atoms with Gasteiger partial charge in [-0.2, -0.15) is 0 Å². The van der Waals surface area contributed by atoms with Crippen LogP contribution in [0.3, 0.4) is 0 Å². The van der Waals surface area contributed by atoms with Gasteiger partial charge in [0.15, 0.2) is 0 Å². The zero-order valence-corrected chi connectivity index (χ0v) is 10.1. The molecule has 2 atom stereocenters. The molecule has 90 valence electrons. The lowest BCUT2D eigenvalue weighted by molar-refractivity contribution is 0.0986. The van der Waals surface area contributed by atoms with Gasteiger partial charge < -0.3 is 5.11 Å². The van der Waals surface area contributed by atoms with Gasteiger partial charge in [0.1, 0.15) is 5.82 Å². The van der Waals surface area contributed by atoms with Crippen LogP contribution in [0.15, 0.2) is 24.3 Å². The predicted octanol–water partition coefficient (Wildman–Crippen LogP) is 4.08. The predicted molar refractivity (Wildman–Crippen MR) is 64.7 cm³/mol. The summed E-state index contributed by atoms with van der Waals surface area (Å²) < 4.78 is 13.0.